The lowest BCUT2D eigenvalue weighted by atomic mass is 10.1. The Morgan fingerprint density at radius 3 is 2.50 bits per heavy atom. The first kappa shape index (κ1) is 20.1. The van der Waals surface area contributed by atoms with Crippen molar-refractivity contribution in [3.63, 3.8) is 0 Å². The number of rotatable bonds is 1. The maximum Gasteiger partial charge on any atom is 0.321 e. The van der Waals surface area contributed by atoms with E-state index in [2.05, 4.69) is 16.3 Å². The molecule has 2 amide bonds. The van der Waals surface area contributed by atoms with Gasteiger partial charge in [-0.15, -0.1) is 0 Å². The molecule has 2 aliphatic heterocycles. The highest BCUT2D eigenvalue weighted by molar-refractivity contribution is 6.04. The van der Waals surface area contributed by atoms with Crippen molar-refractivity contribution < 1.29 is 13.9 Å². The molecule has 6 nitrogen and oxygen atoms in total. The number of piperazine rings is 1. The van der Waals surface area contributed by atoms with E-state index in [-0.39, 0.29) is 11.8 Å². The molecule has 5 rings (SSSR count). The number of hydrogen-bond acceptors (Lipinski definition) is 4. The van der Waals surface area contributed by atoms with Crippen molar-refractivity contribution >= 4 is 23.2 Å². The average Bonchev–Trinajstić information content (AvgIpc) is 2.97. The van der Waals surface area contributed by atoms with Crippen LogP contribution in [0.25, 0.3) is 0 Å². The highest BCUT2D eigenvalue weighted by Crippen LogP contribution is 2.38. The Bertz CT molecular complexity index is 1180. The van der Waals surface area contributed by atoms with Gasteiger partial charge in [-0.3, -0.25) is 0 Å². The van der Waals surface area contributed by atoms with E-state index in [9.17, 15) is 9.18 Å². The summed E-state index contributed by atoms with van der Waals surface area (Å²) in [4.78, 5) is 21.6. The quantitative estimate of drug-likeness (QED) is 0.580. The molecule has 2 heterocycles. The highest BCUT2D eigenvalue weighted by atomic mass is 19.1. The Morgan fingerprint density at radius 1 is 0.969 bits per heavy atom. The molecular weight excluding hydrogens is 407 g/mol. The summed E-state index contributed by atoms with van der Waals surface area (Å²) in [6.07, 6.45) is 0. The zero-order valence-electron chi connectivity index (χ0n) is 17.7. The number of fused-ring (bicyclic) bond motifs is 2. The van der Waals surface area contributed by atoms with Crippen LogP contribution in [-0.4, -0.2) is 47.8 Å². The van der Waals surface area contributed by atoms with Gasteiger partial charge in [-0.25, -0.2) is 14.2 Å². The van der Waals surface area contributed by atoms with Crippen molar-refractivity contribution in [2.45, 2.75) is 6.92 Å². The molecule has 0 saturated carbocycles. The third-order valence-electron chi connectivity index (χ3n) is 5.65. The number of nitrogens with zero attached hydrogens (tertiary/aromatic N) is 3. The summed E-state index contributed by atoms with van der Waals surface area (Å²) in [5.74, 6) is 2.02. The van der Waals surface area contributed by atoms with Gasteiger partial charge < -0.3 is 19.9 Å². The van der Waals surface area contributed by atoms with E-state index in [1.165, 1.54) is 12.1 Å². The van der Waals surface area contributed by atoms with Crippen molar-refractivity contribution in [3.05, 3.63) is 83.7 Å². The van der Waals surface area contributed by atoms with Crippen LogP contribution in [0.3, 0.4) is 0 Å². The fourth-order valence-corrected chi connectivity index (χ4v) is 3.93. The monoisotopic (exact) mass is 430 g/mol. The van der Waals surface area contributed by atoms with E-state index in [0.717, 1.165) is 34.1 Å². The molecule has 7 heteroatoms. The molecule has 3 aromatic carbocycles. The second-order valence-electron chi connectivity index (χ2n) is 7.92. The number of ether oxygens (including phenoxy) is 1. The number of benzene rings is 3. The van der Waals surface area contributed by atoms with Gasteiger partial charge in [-0.05, 0) is 55.5 Å². The van der Waals surface area contributed by atoms with Gasteiger partial charge in [0, 0.05) is 31.9 Å². The van der Waals surface area contributed by atoms with Gasteiger partial charge in [-0.2, -0.15) is 0 Å². The maximum atomic E-state index is 13.1. The van der Waals surface area contributed by atoms with Crippen LogP contribution in [0.5, 0.6) is 11.5 Å². The molecule has 0 unspecified atom stereocenters. The molecule has 0 atom stereocenters. The molecule has 162 valence electrons. The molecule has 2 aliphatic rings. The summed E-state index contributed by atoms with van der Waals surface area (Å²) in [5, 5.41) is 2.83. The zero-order valence-corrected chi connectivity index (χ0v) is 17.7. The van der Waals surface area contributed by atoms with Crippen LogP contribution >= 0.6 is 0 Å². The molecule has 1 N–H and O–H groups in total. The van der Waals surface area contributed by atoms with Crippen LogP contribution in [0, 0.1) is 12.7 Å². The molecular formula is C25H23FN4O2. The summed E-state index contributed by atoms with van der Waals surface area (Å²) >= 11 is 0. The second kappa shape index (κ2) is 8.34. The Kier molecular flexibility index (Phi) is 5.23. The number of anilines is 1. The first-order valence-corrected chi connectivity index (χ1v) is 10.6. The molecule has 0 aromatic heterocycles. The normalized spacial score (nSPS) is 15.1. The van der Waals surface area contributed by atoms with Crippen molar-refractivity contribution in [1.82, 2.24) is 9.80 Å². The first-order valence-electron chi connectivity index (χ1n) is 10.6. The van der Waals surface area contributed by atoms with Crippen LogP contribution in [-0.2, 0) is 0 Å². The predicted molar refractivity (Wildman–Crippen MR) is 122 cm³/mol. The van der Waals surface area contributed by atoms with Crippen molar-refractivity contribution in [2.75, 3.05) is 31.5 Å². The molecule has 3 aromatic rings. The smallest absolute Gasteiger partial charge is 0.321 e. The van der Waals surface area contributed by atoms with Gasteiger partial charge in [0.05, 0.1) is 5.56 Å². The average molecular weight is 430 g/mol. The van der Waals surface area contributed by atoms with Crippen LogP contribution in [0.1, 0.15) is 11.1 Å². The number of urea groups is 1. The number of amidine groups is 1. The number of hydrogen-bond donors (Lipinski definition) is 1. The number of nitrogens with one attached hydrogen (secondary N) is 1. The maximum absolute atomic E-state index is 13.1. The number of amides is 2. The lowest BCUT2D eigenvalue weighted by molar-refractivity contribution is 0.181. The molecule has 1 saturated heterocycles. The van der Waals surface area contributed by atoms with E-state index in [1.54, 1.807) is 17.0 Å². The lowest BCUT2D eigenvalue weighted by Crippen LogP contribution is -2.51. The summed E-state index contributed by atoms with van der Waals surface area (Å²) in [5.41, 5.74) is 3.44. The van der Waals surface area contributed by atoms with Gasteiger partial charge in [0.2, 0.25) is 0 Å². The summed E-state index contributed by atoms with van der Waals surface area (Å²) in [6, 6.07) is 19.4. The number of halogens is 1. The SMILES string of the molecule is Cc1ccc2c(c1)C(N1CCN(C(=O)Nc3ccc(F)cc3)CC1)=Nc1ccccc1O2. The number of carbonyl (C=O) groups excluding carboxylic acids is 1. The minimum absolute atomic E-state index is 0.191. The van der Waals surface area contributed by atoms with Gasteiger partial charge >= 0.3 is 6.03 Å². The van der Waals surface area contributed by atoms with E-state index in [1.807, 2.05) is 43.3 Å². The largest absolute Gasteiger partial charge is 0.454 e. The second-order valence-corrected chi connectivity index (χ2v) is 7.92. The van der Waals surface area contributed by atoms with Crippen LogP contribution in [0.15, 0.2) is 71.7 Å². The van der Waals surface area contributed by atoms with Crippen LogP contribution in [0.4, 0.5) is 20.6 Å². The van der Waals surface area contributed by atoms with Crippen molar-refractivity contribution in [2.24, 2.45) is 4.99 Å². The van der Waals surface area contributed by atoms with E-state index >= 15 is 0 Å². The van der Waals surface area contributed by atoms with Crippen molar-refractivity contribution in [3.8, 4) is 11.5 Å². The number of aryl methyl sites for hydroxylation is 1. The minimum atomic E-state index is -0.332. The molecule has 0 radical (unpaired) electrons. The van der Waals surface area contributed by atoms with Gasteiger partial charge in [0.25, 0.3) is 0 Å². The summed E-state index contributed by atoms with van der Waals surface area (Å²) in [6.45, 7) is 4.44. The Morgan fingerprint density at radius 2 is 1.72 bits per heavy atom. The zero-order chi connectivity index (χ0) is 22.1. The van der Waals surface area contributed by atoms with E-state index in [4.69, 9.17) is 9.73 Å². The topological polar surface area (TPSA) is 57.2 Å². The van der Waals surface area contributed by atoms with E-state index in [0.29, 0.717) is 31.9 Å². The number of aliphatic imine (C=N–C) groups is 1. The van der Waals surface area contributed by atoms with Gasteiger partial charge in [0.1, 0.15) is 23.1 Å². The Hall–Kier alpha value is -3.87. The standard InChI is InChI=1S/C25H23FN4O2/c1-17-6-11-22-20(16-17)24(28-21-4-2-3-5-23(21)32-22)29-12-14-30(15-13-29)25(31)27-19-9-7-18(26)8-10-19/h2-11,16H,12-15H2,1H3,(H,27,31). The number of para-hydroxylation sites is 2. The summed E-state index contributed by atoms with van der Waals surface area (Å²) in [7, 11) is 0. The van der Waals surface area contributed by atoms with Crippen LogP contribution < -0.4 is 10.1 Å². The fourth-order valence-electron chi connectivity index (χ4n) is 3.93. The molecule has 0 bridgehead atoms. The van der Waals surface area contributed by atoms with Crippen molar-refractivity contribution in [1.29, 1.82) is 0 Å². The summed E-state index contributed by atoms with van der Waals surface area (Å²) < 4.78 is 19.3. The van der Waals surface area contributed by atoms with Gasteiger partial charge in [0.15, 0.2) is 5.75 Å². The molecule has 0 aliphatic carbocycles. The van der Waals surface area contributed by atoms with Gasteiger partial charge in [-0.1, -0.05) is 23.8 Å². The number of carbonyl (C=O) groups is 1. The molecule has 0 spiro atoms. The fraction of sp³-hybridized carbons (Fsp3) is 0.200. The first-order chi connectivity index (χ1) is 15.6. The third kappa shape index (κ3) is 4.01. The van der Waals surface area contributed by atoms with E-state index < -0.39 is 0 Å². The Labute approximate surface area is 185 Å². The minimum Gasteiger partial charge on any atom is -0.454 e. The lowest BCUT2D eigenvalue weighted by Gasteiger charge is -2.36. The molecule has 1 fully saturated rings. The van der Waals surface area contributed by atoms with Crippen LogP contribution in [0.2, 0.25) is 0 Å². The predicted octanol–water partition coefficient (Wildman–Crippen LogP) is 5.17. The molecule has 32 heavy (non-hydrogen) atoms. The third-order valence-corrected chi connectivity index (χ3v) is 5.65. The Balaban J connectivity index is 1.35. The highest BCUT2D eigenvalue weighted by Gasteiger charge is 2.27.